The predicted octanol–water partition coefficient (Wildman–Crippen LogP) is -2.10. The van der Waals surface area contributed by atoms with Gasteiger partial charge in [0.2, 0.25) is 0 Å². The van der Waals surface area contributed by atoms with E-state index < -0.39 is 30.0 Å². The summed E-state index contributed by atoms with van der Waals surface area (Å²) >= 11 is 0. The van der Waals surface area contributed by atoms with Crippen LogP contribution in [-0.2, 0) is 4.74 Å². The molecule has 4 atom stereocenters. The van der Waals surface area contributed by atoms with E-state index in [4.69, 9.17) is 9.84 Å². The summed E-state index contributed by atoms with van der Waals surface area (Å²) < 4.78 is 6.39. The zero-order valence-corrected chi connectivity index (χ0v) is 9.01. The molecule has 1 saturated heterocycles. The molecule has 94 valence electrons. The minimum Gasteiger partial charge on any atom is -0.394 e. The fraction of sp³-hybridized carbons (Fsp3) is 0.600. The monoisotopic (exact) mass is 242 g/mol. The maximum absolute atomic E-state index is 11.5. The Morgan fingerprint density at radius 2 is 2.24 bits per heavy atom. The lowest BCUT2D eigenvalue weighted by Gasteiger charge is -2.37. The van der Waals surface area contributed by atoms with Gasteiger partial charge in [0.1, 0.15) is 18.3 Å². The lowest BCUT2D eigenvalue weighted by atomic mass is 9.98. The minimum atomic E-state index is -1.23. The summed E-state index contributed by atoms with van der Waals surface area (Å²) in [6, 6.07) is 0.854. The van der Waals surface area contributed by atoms with E-state index in [1.807, 2.05) is 0 Å². The number of rotatable bonds is 2. The van der Waals surface area contributed by atoms with Crippen LogP contribution in [0, 0.1) is 0 Å². The third-order valence-electron chi connectivity index (χ3n) is 2.88. The van der Waals surface area contributed by atoms with E-state index in [2.05, 4.69) is 4.98 Å². The van der Waals surface area contributed by atoms with Crippen LogP contribution in [0.4, 0.5) is 0 Å². The van der Waals surface area contributed by atoms with Crippen molar-refractivity contribution in [1.82, 2.24) is 9.55 Å². The van der Waals surface area contributed by atoms with Gasteiger partial charge in [0.15, 0.2) is 0 Å². The molecule has 1 aromatic heterocycles. The molecular formula is C10H14N2O5. The highest BCUT2D eigenvalue weighted by Gasteiger charge is 2.39. The van der Waals surface area contributed by atoms with Gasteiger partial charge in [-0.25, -0.2) is 9.78 Å². The highest BCUT2D eigenvalue weighted by molar-refractivity contribution is 4.93. The first kappa shape index (κ1) is 12.2. The lowest BCUT2D eigenvalue weighted by molar-refractivity contribution is -0.170. The molecule has 3 N–H and O–H groups in total. The number of nitrogens with zero attached hydrogens (tertiary/aromatic N) is 2. The summed E-state index contributed by atoms with van der Waals surface area (Å²) in [7, 11) is 0. The molecular weight excluding hydrogens is 228 g/mol. The van der Waals surface area contributed by atoms with Gasteiger partial charge < -0.3 is 20.1 Å². The van der Waals surface area contributed by atoms with Crippen LogP contribution in [0.1, 0.15) is 6.04 Å². The van der Waals surface area contributed by atoms with Crippen molar-refractivity contribution in [2.45, 2.75) is 24.4 Å². The Hall–Kier alpha value is -1.28. The van der Waals surface area contributed by atoms with Crippen LogP contribution >= 0.6 is 0 Å². The number of aromatic nitrogens is 2. The highest BCUT2D eigenvalue weighted by atomic mass is 16.5. The smallest absolute Gasteiger partial charge is 0.347 e. The van der Waals surface area contributed by atoms with E-state index in [1.165, 1.54) is 17.0 Å². The minimum absolute atomic E-state index is 0.0368. The van der Waals surface area contributed by atoms with Crippen LogP contribution in [0.25, 0.3) is 0 Å². The molecule has 7 nitrogen and oxygen atoms in total. The van der Waals surface area contributed by atoms with Crippen molar-refractivity contribution in [2.75, 3.05) is 13.2 Å². The molecule has 17 heavy (non-hydrogen) atoms. The molecule has 1 aliphatic rings. The Labute approximate surface area is 96.9 Å². The maximum atomic E-state index is 11.5. The predicted molar refractivity (Wildman–Crippen MR) is 56.4 cm³/mol. The van der Waals surface area contributed by atoms with Crippen LogP contribution in [0.15, 0.2) is 23.3 Å². The van der Waals surface area contributed by atoms with Crippen molar-refractivity contribution in [3.05, 3.63) is 28.9 Å². The van der Waals surface area contributed by atoms with Gasteiger partial charge in [-0.15, -0.1) is 0 Å². The zero-order chi connectivity index (χ0) is 12.4. The van der Waals surface area contributed by atoms with Crippen LogP contribution < -0.4 is 5.69 Å². The first-order chi connectivity index (χ1) is 8.15. The second kappa shape index (κ2) is 4.92. The van der Waals surface area contributed by atoms with Crippen molar-refractivity contribution < 1.29 is 20.1 Å². The molecule has 1 fully saturated rings. The molecule has 0 radical (unpaired) electrons. The third-order valence-corrected chi connectivity index (χ3v) is 2.88. The summed E-state index contributed by atoms with van der Waals surface area (Å²) in [5.41, 5.74) is -0.519. The van der Waals surface area contributed by atoms with Crippen molar-refractivity contribution in [1.29, 1.82) is 0 Å². The fourth-order valence-electron chi connectivity index (χ4n) is 1.89. The molecule has 0 saturated carbocycles. The molecule has 7 heteroatoms. The Kier molecular flexibility index (Phi) is 3.53. The quantitative estimate of drug-likeness (QED) is 0.548. The number of aliphatic hydroxyl groups excluding tert-OH is 3. The Morgan fingerprint density at radius 1 is 1.47 bits per heavy atom. The molecule has 1 aromatic rings. The van der Waals surface area contributed by atoms with E-state index in [-0.39, 0.29) is 13.2 Å². The molecule has 0 spiro atoms. The first-order valence-corrected chi connectivity index (χ1v) is 5.27. The Morgan fingerprint density at radius 3 is 2.88 bits per heavy atom. The summed E-state index contributed by atoms with van der Waals surface area (Å²) in [6.07, 6.45) is -0.414. The van der Waals surface area contributed by atoms with Gasteiger partial charge in [0.25, 0.3) is 0 Å². The highest BCUT2D eigenvalue weighted by Crippen LogP contribution is 2.23. The Balaban J connectivity index is 2.24. The third kappa shape index (κ3) is 2.22. The molecule has 1 aliphatic heterocycles. The van der Waals surface area contributed by atoms with Gasteiger partial charge in [-0.05, 0) is 6.07 Å². The van der Waals surface area contributed by atoms with Crippen LogP contribution in [-0.4, -0.2) is 56.4 Å². The van der Waals surface area contributed by atoms with Crippen LogP contribution in [0.5, 0.6) is 0 Å². The second-order valence-corrected chi connectivity index (χ2v) is 3.91. The summed E-state index contributed by atoms with van der Waals surface area (Å²) in [6.45, 7) is -0.345. The maximum Gasteiger partial charge on any atom is 0.347 e. The summed E-state index contributed by atoms with van der Waals surface area (Å²) in [5.74, 6) is 0. The van der Waals surface area contributed by atoms with Crippen molar-refractivity contribution >= 4 is 0 Å². The molecule has 2 heterocycles. The Bertz CT molecular complexity index is 435. The number of ether oxygens (including phenoxy) is 1. The van der Waals surface area contributed by atoms with Crippen LogP contribution in [0.3, 0.4) is 0 Å². The van der Waals surface area contributed by atoms with Crippen LogP contribution in [0.2, 0.25) is 0 Å². The largest absolute Gasteiger partial charge is 0.394 e. The number of aliphatic hydroxyl groups is 3. The van der Waals surface area contributed by atoms with Crippen molar-refractivity contribution in [3.63, 3.8) is 0 Å². The normalized spacial score (nSPS) is 33.6. The lowest BCUT2D eigenvalue weighted by Crippen LogP contribution is -2.53. The van der Waals surface area contributed by atoms with Crippen molar-refractivity contribution in [3.8, 4) is 0 Å². The van der Waals surface area contributed by atoms with Gasteiger partial charge in [-0.3, -0.25) is 4.57 Å². The number of hydrogen-bond donors (Lipinski definition) is 3. The molecule has 0 aromatic carbocycles. The zero-order valence-electron chi connectivity index (χ0n) is 9.01. The van der Waals surface area contributed by atoms with Gasteiger partial charge >= 0.3 is 5.69 Å². The SMILES string of the molecule is O=c1ncccn1[C@@H]1CO[C@H](CO)[C@H](O)C1O. The molecule has 0 bridgehead atoms. The van der Waals surface area contributed by atoms with E-state index in [9.17, 15) is 15.0 Å². The van der Waals surface area contributed by atoms with E-state index in [1.54, 1.807) is 6.07 Å². The van der Waals surface area contributed by atoms with E-state index in [0.717, 1.165) is 0 Å². The second-order valence-electron chi connectivity index (χ2n) is 3.91. The van der Waals surface area contributed by atoms with Gasteiger partial charge in [0, 0.05) is 12.4 Å². The molecule has 0 amide bonds. The van der Waals surface area contributed by atoms with E-state index in [0.29, 0.717) is 0 Å². The van der Waals surface area contributed by atoms with Gasteiger partial charge in [-0.1, -0.05) is 0 Å². The average molecular weight is 242 g/mol. The molecule has 1 unspecified atom stereocenters. The standard InChI is InChI=1S/C10H14N2O5/c13-4-7-9(15)8(14)6(5-17-7)12-3-1-2-11-10(12)16/h1-3,6-9,13-15H,4-5H2/t6-,7-,8?,9+/m1/s1. The topological polar surface area (TPSA) is 105 Å². The van der Waals surface area contributed by atoms with Gasteiger partial charge in [0.05, 0.1) is 19.3 Å². The summed E-state index contributed by atoms with van der Waals surface area (Å²) in [4.78, 5) is 15.0. The molecule has 2 rings (SSSR count). The summed E-state index contributed by atoms with van der Waals surface area (Å²) in [5, 5.41) is 28.5. The van der Waals surface area contributed by atoms with E-state index >= 15 is 0 Å². The number of hydrogen-bond acceptors (Lipinski definition) is 6. The van der Waals surface area contributed by atoms with Gasteiger partial charge in [-0.2, -0.15) is 0 Å². The van der Waals surface area contributed by atoms with Crippen molar-refractivity contribution in [2.24, 2.45) is 0 Å². The first-order valence-electron chi connectivity index (χ1n) is 5.27. The molecule has 0 aliphatic carbocycles. The average Bonchev–Trinajstić information content (AvgIpc) is 2.34. The fourth-order valence-corrected chi connectivity index (χ4v) is 1.89.